The number of pyridine rings is 1. The fraction of sp³-hybridized carbons (Fsp3) is 0.231. The molecule has 2 aliphatic heterocycles. The van der Waals surface area contributed by atoms with Crippen LogP contribution in [0.2, 0.25) is 0 Å². The highest BCUT2D eigenvalue weighted by atomic mass is 32.1. The van der Waals surface area contributed by atoms with Gasteiger partial charge in [-0.3, -0.25) is 4.79 Å². The largest absolute Gasteiger partial charge is 0.324 e. The Balaban J connectivity index is 1.35. The first-order valence-electron chi connectivity index (χ1n) is 11.1. The fourth-order valence-electron chi connectivity index (χ4n) is 5.27. The molecule has 7 heteroatoms. The molecule has 0 radical (unpaired) electrons. The van der Waals surface area contributed by atoms with Gasteiger partial charge in [0.1, 0.15) is 5.82 Å². The smallest absolute Gasteiger partial charge is 0.321 e. The van der Waals surface area contributed by atoms with Crippen LogP contribution in [0.1, 0.15) is 18.0 Å². The van der Waals surface area contributed by atoms with Crippen molar-refractivity contribution in [3.05, 3.63) is 88.6 Å². The summed E-state index contributed by atoms with van der Waals surface area (Å²) >= 11 is 1.73. The number of nitrogens with zero attached hydrogens (tertiary/aromatic N) is 2. The summed E-state index contributed by atoms with van der Waals surface area (Å²) in [6.07, 6.45) is 0.949. The molecule has 2 aliphatic rings. The van der Waals surface area contributed by atoms with Crippen molar-refractivity contribution < 1.29 is 9.18 Å². The Kier molecular flexibility index (Phi) is 4.80. The first-order valence-corrected chi connectivity index (χ1v) is 11.9. The number of carbonyl (C=O) groups excluding carboxylic acids is 1. The van der Waals surface area contributed by atoms with Crippen LogP contribution in [0.4, 0.5) is 14.9 Å². The highest BCUT2D eigenvalue weighted by Gasteiger charge is 2.38. The van der Waals surface area contributed by atoms with Gasteiger partial charge in [-0.05, 0) is 54.1 Å². The monoisotopic (exact) mass is 459 g/mol. The maximum Gasteiger partial charge on any atom is 0.321 e. The van der Waals surface area contributed by atoms with Gasteiger partial charge >= 0.3 is 6.03 Å². The van der Waals surface area contributed by atoms with Crippen molar-refractivity contribution in [1.82, 2.24) is 9.47 Å². The molecule has 33 heavy (non-hydrogen) atoms. The van der Waals surface area contributed by atoms with Gasteiger partial charge < -0.3 is 14.8 Å². The molecule has 2 atom stereocenters. The second-order valence-electron chi connectivity index (χ2n) is 8.87. The molecule has 2 aromatic heterocycles. The summed E-state index contributed by atoms with van der Waals surface area (Å²) in [4.78, 5) is 28.7. The van der Waals surface area contributed by atoms with E-state index >= 15 is 0 Å². The molecule has 2 bridgehead atoms. The summed E-state index contributed by atoms with van der Waals surface area (Å²) < 4.78 is 16.7. The summed E-state index contributed by atoms with van der Waals surface area (Å²) in [5, 5.41) is 4.01. The van der Waals surface area contributed by atoms with Gasteiger partial charge in [-0.15, -0.1) is 11.3 Å². The van der Waals surface area contributed by atoms with Crippen molar-refractivity contribution in [3.63, 3.8) is 0 Å². The Bertz CT molecular complexity index is 1410. The van der Waals surface area contributed by atoms with Crippen LogP contribution in [0.5, 0.6) is 0 Å². The number of halogens is 1. The Hall–Kier alpha value is -3.45. The lowest BCUT2D eigenvalue weighted by atomic mass is 9.81. The van der Waals surface area contributed by atoms with E-state index in [1.807, 2.05) is 22.8 Å². The highest BCUT2D eigenvalue weighted by molar-refractivity contribution is 7.22. The Morgan fingerprint density at radius 3 is 2.73 bits per heavy atom. The maximum absolute atomic E-state index is 13.5. The van der Waals surface area contributed by atoms with Crippen LogP contribution in [-0.2, 0) is 6.54 Å². The number of urea groups is 1. The predicted molar refractivity (Wildman–Crippen MR) is 129 cm³/mol. The quantitative estimate of drug-likeness (QED) is 0.429. The van der Waals surface area contributed by atoms with Crippen molar-refractivity contribution in [2.24, 2.45) is 5.92 Å². The number of piperidine rings is 1. The van der Waals surface area contributed by atoms with E-state index in [4.69, 9.17) is 0 Å². The zero-order chi connectivity index (χ0) is 22.5. The molecule has 166 valence electrons. The number of hydrogen-bond donors (Lipinski definition) is 1. The number of anilines is 1. The van der Waals surface area contributed by atoms with Gasteiger partial charge in [0.2, 0.25) is 0 Å². The number of rotatable bonds is 2. The zero-order valence-corrected chi connectivity index (χ0v) is 18.6. The fourth-order valence-corrected chi connectivity index (χ4v) is 6.37. The van der Waals surface area contributed by atoms with E-state index in [0.29, 0.717) is 25.3 Å². The van der Waals surface area contributed by atoms with Gasteiger partial charge in [-0.25, -0.2) is 9.18 Å². The van der Waals surface area contributed by atoms with Crippen molar-refractivity contribution in [3.8, 4) is 10.4 Å². The average molecular weight is 460 g/mol. The number of fused-ring (bicyclic) bond motifs is 5. The van der Waals surface area contributed by atoms with Crippen LogP contribution in [-0.4, -0.2) is 28.6 Å². The molecule has 1 N–H and O–H groups in total. The zero-order valence-electron chi connectivity index (χ0n) is 17.8. The van der Waals surface area contributed by atoms with E-state index in [1.165, 1.54) is 22.2 Å². The van der Waals surface area contributed by atoms with E-state index in [-0.39, 0.29) is 29.2 Å². The molecule has 2 unspecified atom stereocenters. The Morgan fingerprint density at radius 2 is 1.88 bits per heavy atom. The van der Waals surface area contributed by atoms with E-state index in [1.54, 1.807) is 34.4 Å². The maximum atomic E-state index is 13.5. The van der Waals surface area contributed by atoms with Crippen LogP contribution >= 0.6 is 11.3 Å². The molecule has 4 aromatic rings. The average Bonchev–Trinajstić information content (AvgIpc) is 3.24. The van der Waals surface area contributed by atoms with E-state index in [2.05, 4.69) is 23.5 Å². The molecule has 2 amide bonds. The van der Waals surface area contributed by atoms with Crippen LogP contribution in [0.3, 0.4) is 0 Å². The minimum atomic E-state index is -0.385. The normalized spacial score (nSPS) is 19.4. The third-order valence-corrected chi connectivity index (χ3v) is 7.79. The van der Waals surface area contributed by atoms with Gasteiger partial charge in [0.25, 0.3) is 5.56 Å². The first kappa shape index (κ1) is 20.2. The summed E-state index contributed by atoms with van der Waals surface area (Å²) in [7, 11) is 0. The molecular formula is C26H22FN3O2S. The SMILES string of the molecule is O=C(Nc1cccc(F)c1)N1CC2CC(C1)c1c(-c3cc4ccccc4s3)ccc(=O)n1C2. The van der Waals surface area contributed by atoms with Crippen molar-refractivity contribution >= 4 is 33.1 Å². The third-order valence-electron chi connectivity index (χ3n) is 6.64. The Labute approximate surface area is 194 Å². The second-order valence-corrected chi connectivity index (χ2v) is 9.96. The number of nitrogens with one attached hydrogen (secondary N) is 1. The summed E-state index contributed by atoms with van der Waals surface area (Å²) in [6.45, 7) is 1.71. The molecule has 1 fully saturated rings. The van der Waals surface area contributed by atoms with E-state index in [0.717, 1.165) is 22.6 Å². The number of carbonyl (C=O) groups is 1. The Morgan fingerprint density at radius 1 is 1.00 bits per heavy atom. The minimum Gasteiger partial charge on any atom is -0.324 e. The molecule has 1 saturated heterocycles. The molecular weight excluding hydrogens is 437 g/mol. The van der Waals surface area contributed by atoms with E-state index < -0.39 is 0 Å². The number of hydrogen-bond acceptors (Lipinski definition) is 3. The molecule has 4 heterocycles. The summed E-state index contributed by atoms with van der Waals surface area (Å²) in [5.41, 5.74) is 2.56. The lowest BCUT2D eigenvalue weighted by molar-refractivity contribution is 0.140. The van der Waals surface area contributed by atoms with Crippen LogP contribution in [0.15, 0.2) is 71.5 Å². The van der Waals surface area contributed by atoms with Crippen LogP contribution < -0.4 is 10.9 Å². The van der Waals surface area contributed by atoms with Crippen molar-refractivity contribution in [1.29, 1.82) is 0 Å². The van der Waals surface area contributed by atoms with Crippen molar-refractivity contribution in [2.45, 2.75) is 18.9 Å². The number of benzene rings is 2. The number of likely N-dealkylation sites (tertiary alicyclic amines) is 1. The molecule has 0 saturated carbocycles. The minimum absolute atomic E-state index is 0.0159. The first-order chi connectivity index (χ1) is 16.0. The third kappa shape index (κ3) is 3.62. The van der Waals surface area contributed by atoms with E-state index in [9.17, 15) is 14.0 Å². The molecule has 2 aromatic carbocycles. The topological polar surface area (TPSA) is 54.3 Å². The predicted octanol–water partition coefficient (Wildman–Crippen LogP) is 5.52. The summed E-state index contributed by atoms with van der Waals surface area (Å²) in [5.74, 6) is -0.0978. The van der Waals surface area contributed by atoms with Gasteiger partial charge in [0.05, 0.1) is 0 Å². The van der Waals surface area contributed by atoms with Gasteiger partial charge in [-0.2, -0.15) is 0 Å². The summed E-state index contributed by atoms with van der Waals surface area (Å²) in [6, 6.07) is 19.8. The van der Waals surface area contributed by atoms with Gasteiger partial charge in [0, 0.05) is 58.1 Å². The van der Waals surface area contributed by atoms with Crippen LogP contribution in [0.25, 0.3) is 20.5 Å². The number of aromatic nitrogens is 1. The molecule has 5 nitrogen and oxygen atoms in total. The number of amides is 2. The second kappa shape index (κ2) is 7.85. The lowest BCUT2D eigenvalue weighted by Crippen LogP contribution is -2.50. The van der Waals surface area contributed by atoms with Crippen molar-refractivity contribution in [2.75, 3.05) is 18.4 Å². The van der Waals surface area contributed by atoms with Gasteiger partial charge in [0.15, 0.2) is 0 Å². The molecule has 0 aliphatic carbocycles. The molecule has 6 rings (SSSR count). The van der Waals surface area contributed by atoms with Crippen LogP contribution in [0, 0.1) is 11.7 Å². The lowest BCUT2D eigenvalue weighted by Gasteiger charge is -2.43. The number of thiophene rings is 1. The standard InChI is InChI=1S/C26H22FN3O2S/c27-19-5-3-6-20(12-19)28-26(32)29-13-16-10-18(15-29)25-21(8-9-24(31)30(25)14-16)23-11-17-4-1-2-7-22(17)33-23/h1-9,11-12,16,18H,10,13-15H2,(H,28,32). The highest BCUT2D eigenvalue weighted by Crippen LogP contribution is 2.42. The molecule has 0 spiro atoms. The van der Waals surface area contributed by atoms with Gasteiger partial charge in [-0.1, -0.05) is 24.3 Å².